The molecule has 3 rings (SSSR count). The Bertz CT molecular complexity index is 733. The first-order valence-corrected chi connectivity index (χ1v) is 10.1. The smallest absolute Gasteiger partial charge is 0.251 e. The van der Waals surface area contributed by atoms with Gasteiger partial charge in [0.2, 0.25) is 0 Å². The summed E-state index contributed by atoms with van der Waals surface area (Å²) in [5.74, 6) is 0.560. The van der Waals surface area contributed by atoms with Gasteiger partial charge in [-0.25, -0.2) is 0 Å². The first-order chi connectivity index (χ1) is 13.7. The van der Waals surface area contributed by atoms with Gasteiger partial charge in [-0.2, -0.15) is 0 Å². The lowest BCUT2D eigenvalue weighted by molar-refractivity contribution is 0.0916. The van der Waals surface area contributed by atoms with Crippen molar-refractivity contribution in [3.8, 4) is 5.75 Å². The maximum Gasteiger partial charge on any atom is 0.251 e. The van der Waals surface area contributed by atoms with Crippen LogP contribution in [0, 0.1) is 0 Å². The third kappa shape index (κ3) is 5.57. The summed E-state index contributed by atoms with van der Waals surface area (Å²) < 4.78 is 5.81. The van der Waals surface area contributed by atoms with Crippen LogP contribution in [0.2, 0.25) is 0 Å². The van der Waals surface area contributed by atoms with Crippen molar-refractivity contribution < 1.29 is 14.6 Å². The van der Waals surface area contributed by atoms with Gasteiger partial charge in [0.05, 0.1) is 19.3 Å². The number of likely N-dealkylation sites (tertiary alicyclic amines) is 1. The highest BCUT2D eigenvalue weighted by Gasteiger charge is 2.19. The molecule has 2 aromatic carbocycles. The third-order valence-corrected chi connectivity index (χ3v) is 5.36. The molecule has 0 spiro atoms. The summed E-state index contributed by atoms with van der Waals surface area (Å²) in [6, 6.07) is 16.9. The monoisotopic (exact) mass is 382 g/mol. The first kappa shape index (κ1) is 20.4. The number of hydrogen-bond donors (Lipinski definition) is 2. The molecule has 0 saturated carbocycles. The van der Waals surface area contributed by atoms with Crippen molar-refractivity contribution in [3.63, 3.8) is 0 Å². The van der Waals surface area contributed by atoms with Crippen LogP contribution in [-0.4, -0.2) is 48.3 Å². The van der Waals surface area contributed by atoms with Gasteiger partial charge in [-0.15, -0.1) is 0 Å². The van der Waals surface area contributed by atoms with Crippen molar-refractivity contribution in [2.75, 3.05) is 26.3 Å². The first-order valence-electron chi connectivity index (χ1n) is 10.1. The number of rotatable bonds is 9. The van der Waals surface area contributed by atoms with Gasteiger partial charge in [0.1, 0.15) is 5.75 Å². The highest BCUT2D eigenvalue weighted by molar-refractivity contribution is 5.94. The Balaban J connectivity index is 1.46. The summed E-state index contributed by atoms with van der Waals surface area (Å²) in [4.78, 5) is 15.0. The van der Waals surface area contributed by atoms with Gasteiger partial charge in [-0.05, 0) is 62.6 Å². The molecule has 150 valence electrons. The zero-order valence-corrected chi connectivity index (χ0v) is 16.5. The molecule has 2 aromatic rings. The SMILES string of the molecule is CC1CCCN1CCCOc1ccc(C(=O)NC(CO)c2ccccc2)cc1. The average Bonchev–Trinajstić information content (AvgIpc) is 3.15. The minimum Gasteiger partial charge on any atom is -0.494 e. The quantitative estimate of drug-likeness (QED) is 0.653. The molecule has 1 fully saturated rings. The lowest BCUT2D eigenvalue weighted by Gasteiger charge is -2.20. The van der Waals surface area contributed by atoms with Crippen molar-refractivity contribution >= 4 is 5.91 Å². The van der Waals surface area contributed by atoms with E-state index in [0.29, 0.717) is 18.2 Å². The van der Waals surface area contributed by atoms with Crippen LogP contribution in [-0.2, 0) is 0 Å². The van der Waals surface area contributed by atoms with E-state index in [0.717, 1.165) is 24.3 Å². The minimum absolute atomic E-state index is 0.146. The van der Waals surface area contributed by atoms with E-state index in [1.165, 1.54) is 19.4 Å². The Kier molecular flexibility index (Phi) is 7.46. The molecule has 0 aliphatic carbocycles. The normalized spacial score (nSPS) is 18.0. The van der Waals surface area contributed by atoms with E-state index in [1.54, 1.807) is 12.1 Å². The predicted octanol–water partition coefficient (Wildman–Crippen LogP) is 3.40. The maximum atomic E-state index is 12.5. The molecule has 28 heavy (non-hydrogen) atoms. The Morgan fingerprint density at radius 2 is 1.96 bits per heavy atom. The van der Waals surface area contributed by atoms with Crippen molar-refractivity contribution in [1.82, 2.24) is 10.2 Å². The van der Waals surface area contributed by atoms with Crippen LogP contribution in [0.25, 0.3) is 0 Å². The van der Waals surface area contributed by atoms with E-state index in [1.807, 2.05) is 42.5 Å². The highest BCUT2D eigenvalue weighted by atomic mass is 16.5. The van der Waals surface area contributed by atoms with Crippen LogP contribution in [0.1, 0.15) is 48.1 Å². The number of hydrogen-bond acceptors (Lipinski definition) is 4. The minimum atomic E-state index is -0.419. The molecular formula is C23H30N2O3. The van der Waals surface area contributed by atoms with E-state index in [2.05, 4.69) is 17.1 Å². The lowest BCUT2D eigenvalue weighted by atomic mass is 10.1. The number of amides is 1. The fourth-order valence-corrected chi connectivity index (χ4v) is 3.65. The molecule has 0 aromatic heterocycles. The fraction of sp³-hybridized carbons (Fsp3) is 0.435. The second-order valence-corrected chi connectivity index (χ2v) is 7.37. The van der Waals surface area contributed by atoms with Crippen LogP contribution in [0.4, 0.5) is 0 Å². The summed E-state index contributed by atoms with van der Waals surface area (Å²) in [7, 11) is 0. The number of aliphatic hydroxyl groups is 1. The van der Waals surface area contributed by atoms with Gasteiger partial charge in [0, 0.05) is 18.2 Å². The van der Waals surface area contributed by atoms with Crippen LogP contribution in [0.15, 0.2) is 54.6 Å². The van der Waals surface area contributed by atoms with Gasteiger partial charge in [-0.3, -0.25) is 4.79 Å². The fourth-order valence-electron chi connectivity index (χ4n) is 3.65. The Labute approximate surface area is 167 Å². The largest absolute Gasteiger partial charge is 0.494 e. The van der Waals surface area contributed by atoms with Gasteiger partial charge in [-0.1, -0.05) is 30.3 Å². The molecule has 2 atom stereocenters. The average molecular weight is 383 g/mol. The number of carbonyl (C=O) groups excluding carboxylic acids is 1. The maximum absolute atomic E-state index is 12.5. The van der Waals surface area contributed by atoms with Crippen LogP contribution in [0.5, 0.6) is 5.75 Å². The molecule has 0 bridgehead atoms. The van der Waals surface area contributed by atoms with Crippen LogP contribution < -0.4 is 10.1 Å². The molecule has 1 saturated heterocycles. The standard InChI is InChI=1S/C23H30N2O3/c1-18-7-5-14-25(18)15-6-16-28-21-12-10-20(11-13-21)23(27)24-22(17-26)19-8-3-2-4-9-19/h2-4,8-13,18,22,26H,5-7,14-17H2,1H3,(H,24,27). The summed E-state index contributed by atoms with van der Waals surface area (Å²) in [6.45, 7) is 5.09. The van der Waals surface area contributed by atoms with Crippen molar-refractivity contribution in [2.24, 2.45) is 0 Å². The Morgan fingerprint density at radius 1 is 1.21 bits per heavy atom. The number of nitrogens with zero attached hydrogens (tertiary/aromatic N) is 1. The zero-order valence-electron chi connectivity index (χ0n) is 16.5. The van der Waals surface area contributed by atoms with Crippen molar-refractivity contribution in [2.45, 2.75) is 38.3 Å². The number of benzene rings is 2. The summed E-state index contributed by atoms with van der Waals surface area (Å²) in [5, 5.41) is 12.5. The van der Waals surface area contributed by atoms with E-state index in [4.69, 9.17) is 4.74 Å². The van der Waals surface area contributed by atoms with Gasteiger partial charge in [0.25, 0.3) is 5.91 Å². The van der Waals surface area contributed by atoms with Crippen molar-refractivity contribution in [1.29, 1.82) is 0 Å². The number of carbonyl (C=O) groups is 1. The third-order valence-electron chi connectivity index (χ3n) is 5.36. The van der Waals surface area contributed by atoms with Gasteiger partial charge in [0.15, 0.2) is 0 Å². The summed E-state index contributed by atoms with van der Waals surface area (Å²) in [5.41, 5.74) is 1.43. The van der Waals surface area contributed by atoms with E-state index < -0.39 is 6.04 Å². The summed E-state index contributed by atoms with van der Waals surface area (Å²) in [6.07, 6.45) is 3.60. The van der Waals surface area contributed by atoms with Crippen LogP contribution >= 0.6 is 0 Å². The highest BCUT2D eigenvalue weighted by Crippen LogP contribution is 2.18. The van der Waals surface area contributed by atoms with E-state index in [-0.39, 0.29) is 12.5 Å². The van der Waals surface area contributed by atoms with Gasteiger partial charge < -0.3 is 20.1 Å². The second-order valence-electron chi connectivity index (χ2n) is 7.37. The summed E-state index contributed by atoms with van der Waals surface area (Å²) >= 11 is 0. The molecule has 2 unspecified atom stereocenters. The van der Waals surface area contributed by atoms with E-state index >= 15 is 0 Å². The molecule has 5 heteroatoms. The molecule has 1 aliphatic rings. The Morgan fingerprint density at radius 3 is 2.61 bits per heavy atom. The number of aliphatic hydroxyl groups excluding tert-OH is 1. The van der Waals surface area contributed by atoms with Gasteiger partial charge >= 0.3 is 0 Å². The topological polar surface area (TPSA) is 61.8 Å². The van der Waals surface area contributed by atoms with E-state index in [9.17, 15) is 9.90 Å². The number of ether oxygens (including phenoxy) is 1. The molecule has 1 amide bonds. The molecule has 1 heterocycles. The molecule has 5 nitrogen and oxygen atoms in total. The van der Waals surface area contributed by atoms with Crippen LogP contribution in [0.3, 0.4) is 0 Å². The molecule has 1 aliphatic heterocycles. The molecule has 0 radical (unpaired) electrons. The lowest BCUT2D eigenvalue weighted by Crippen LogP contribution is -2.30. The van der Waals surface area contributed by atoms with Crippen molar-refractivity contribution in [3.05, 3.63) is 65.7 Å². The zero-order chi connectivity index (χ0) is 19.8. The molecular weight excluding hydrogens is 352 g/mol. The second kappa shape index (κ2) is 10.2. The molecule has 2 N–H and O–H groups in total. The Hall–Kier alpha value is -2.37. The number of nitrogens with one attached hydrogen (secondary N) is 1. The predicted molar refractivity (Wildman–Crippen MR) is 111 cm³/mol.